The van der Waals surface area contributed by atoms with Gasteiger partial charge in [0.05, 0.1) is 0 Å². The molecule has 2 N–H and O–H groups in total. The van der Waals surface area contributed by atoms with Crippen molar-refractivity contribution in [1.82, 2.24) is 9.97 Å². The van der Waals surface area contributed by atoms with Crippen molar-refractivity contribution in [1.29, 1.82) is 0 Å². The number of hydrogen-bond donors (Lipinski definition) is 2. The standard InChI is InChI=1S/C10H13ClF3N3O/c1-9(2,3-4-18)17-7-5-6(10(12,13)14)15-8(11)16-7/h5,18H,3-4H2,1-2H3,(H,15,16,17). The van der Waals surface area contributed by atoms with Crippen molar-refractivity contribution in [2.75, 3.05) is 11.9 Å². The maximum Gasteiger partial charge on any atom is 0.433 e. The number of alkyl halides is 3. The fourth-order valence-corrected chi connectivity index (χ4v) is 1.50. The normalized spacial score (nSPS) is 12.6. The van der Waals surface area contributed by atoms with E-state index in [9.17, 15) is 13.2 Å². The number of nitrogens with zero attached hydrogens (tertiary/aromatic N) is 2. The topological polar surface area (TPSA) is 58.0 Å². The van der Waals surface area contributed by atoms with Crippen LogP contribution in [0, 0.1) is 0 Å². The van der Waals surface area contributed by atoms with Crippen molar-refractivity contribution in [3.8, 4) is 0 Å². The van der Waals surface area contributed by atoms with Gasteiger partial charge in [-0.1, -0.05) is 0 Å². The molecule has 0 bridgehead atoms. The van der Waals surface area contributed by atoms with Crippen LogP contribution in [-0.2, 0) is 6.18 Å². The number of nitrogens with one attached hydrogen (secondary N) is 1. The van der Waals surface area contributed by atoms with E-state index in [1.54, 1.807) is 13.8 Å². The first-order valence-electron chi connectivity index (χ1n) is 5.15. The molecule has 0 aliphatic carbocycles. The Labute approximate surface area is 107 Å². The van der Waals surface area contributed by atoms with Crippen molar-refractivity contribution in [2.24, 2.45) is 0 Å². The Hall–Kier alpha value is -1.08. The van der Waals surface area contributed by atoms with Gasteiger partial charge in [-0.05, 0) is 31.9 Å². The van der Waals surface area contributed by atoms with Crippen LogP contribution >= 0.6 is 11.6 Å². The number of aliphatic hydroxyl groups is 1. The molecule has 1 aromatic rings. The van der Waals surface area contributed by atoms with Gasteiger partial charge in [-0.3, -0.25) is 0 Å². The lowest BCUT2D eigenvalue weighted by atomic mass is 10.0. The first-order chi connectivity index (χ1) is 8.14. The summed E-state index contributed by atoms with van der Waals surface area (Å²) < 4.78 is 37.5. The minimum atomic E-state index is -4.58. The first kappa shape index (κ1) is 15.0. The predicted molar refractivity (Wildman–Crippen MR) is 61.4 cm³/mol. The molecule has 0 fully saturated rings. The molecule has 8 heteroatoms. The summed E-state index contributed by atoms with van der Waals surface area (Å²) in [6.45, 7) is 3.37. The molecule has 0 amide bonds. The van der Waals surface area contributed by atoms with E-state index >= 15 is 0 Å². The summed E-state index contributed by atoms with van der Waals surface area (Å²) in [5, 5.41) is 11.1. The summed E-state index contributed by atoms with van der Waals surface area (Å²) in [5.74, 6) is -0.0271. The molecule has 0 radical (unpaired) electrons. The van der Waals surface area contributed by atoms with E-state index in [1.807, 2.05) is 0 Å². The third-order valence-electron chi connectivity index (χ3n) is 2.19. The molecule has 0 atom stereocenters. The summed E-state index contributed by atoms with van der Waals surface area (Å²) in [7, 11) is 0. The van der Waals surface area contributed by atoms with Crippen LogP contribution in [0.1, 0.15) is 26.0 Å². The van der Waals surface area contributed by atoms with Gasteiger partial charge in [0.2, 0.25) is 5.28 Å². The lowest BCUT2D eigenvalue weighted by Crippen LogP contribution is -2.32. The van der Waals surface area contributed by atoms with Crippen molar-refractivity contribution >= 4 is 17.4 Å². The van der Waals surface area contributed by atoms with Gasteiger partial charge in [-0.15, -0.1) is 0 Å². The molecular weight excluding hydrogens is 271 g/mol. The molecule has 1 heterocycles. The molecule has 102 valence electrons. The van der Waals surface area contributed by atoms with Gasteiger partial charge in [-0.2, -0.15) is 13.2 Å². The SMILES string of the molecule is CC(C)(CCO)Nc1cc(C(F)(F)F)nc(Cl)n1. The summed E-state index contributed by atoms with van der Waals surface area (Å²) in [6.07, 6.45) is -4.22. The van der Waals surface area contributed by atoms with Crippen LogP contribution in [0.15, 0.2) is 6.07 Å². The van der Waals surface area contributed by atoms with Crippen LogP contribution in [0.2, 0.25) is 5.28 Å². The average Bonchev–Trinajstić information content (AvgIpc) is 2.13. The molecule has 0 aromatic carbocycles. The average molecular weight is 284 g/mol. The van der Waals surface area contributed by atoms with E-state index in [4.69, 9.17) is 16.7 Å². The van der Waals surface area contributed by atoms with E-state index in [0.717, 1.165) is 6.07 Å². The van der Waals surface area contributed by atoms with E-state index in [2.05, 4.69) is 15.3 Å². The van der Waals surface area contributed by atoms with Crippen molar-refractivity contribution in [3.63, 3.8) is 0 Å². The molecule has 1 rings (SSSR count). The van der Waals surface area contributed by atoms with E-state index < -0.39 is 22.7 Å². The smallest absolute Gasteiger partial charge is 0.396 e. The number of rotatable bonds is 4. The number of hydrogen-bond acceptors (Lipinski definition) is 4. The highest BCUT2D eigenvalue weighted by Gasteiger charge is 2.34. The fourth-order valence-electron chi connectivity index (χ4n) is 1.32. The van der Waals surface area contributed by atoms with Gasteiger partial charge in [0.1, 0.15) is 5.82 Å². The third-order valence-corrected chi connectivity index (χ3v) is 2.36. The lowest BCUT2D eigenvalue weighted by molar-refractivity contribution is -0.141. The maximum atomic E-state index is 12.5. The number of aliphatic hydroxyl groups excluding tert-OH is 1. The lowest BCUT2D eigenvalue weighted by Gasteiger charge is -2.26. The molecule has 0 aliphatic heterocycles. The van der Waals surface area contributed by atoms with Crippen molar-refractivity contribution < 1.29 is 18.3 Å². The van der Waals surface area contributed by atoms with Gasteiger partial charge in [-0.25, -0.2) is 9.97 Å². The summed E-state index contributed by atoms with van der Waals surface area (Å²) >= 11 is 5.45. The van der Waals surface area contributed by atoms with Gasteiger partial charge in [0.15, 0.2) is 5.69 Å². The van der Waals surface area contributed by atoms with Crippen LogP contribution < -0.4 is 5.32 Å². The molecule has 0 spiro atoms. The summed E-state index contributed by atoms with van der Waals surface area (Å²) in [4.78, 5) is 6.80. The van der Waals surface area contributed by atoms with Gasteiger partial charge in [0, 0.05) is 18.2 Å². The summed E-state index contributed by atoms with van der Waals surface area (Å²) in [6, 6.07) is 0.783. The number of anilines is 1. The minimum absolute atomic E-state index is 0.0271. The molecular formula is C10H13ClF3N3O. The third kappa shape index (κ3) is 4.30. The molecule has 0 unspecified atom stereocenters. The highest BCUT2D eigenvalue weighted by atomic mass is 35.5. The van der Waals surface area contributed by atoms with Crippen LogP contribution in [0.3, 0.4) is 0 Å². The van der Waals surface area contributed by atoms with Gasteiger partial charge >= 0.3 is 6.18 Å². The van der Waals surface area contributed by atoms with Crippen molar-refractivity contribution in [2.45, 2.75) is 32.0 Å². The van der Waals surface area contributed by atoms with Crippen molar-refractivity contribution in [3.05, 3.63) is 17.0 Å². The second-order valence-electron chi connectivity index (χ2n) is 4.39. The Balaban J connectivity index is 3.00. The largest absolute Gasteiger partial charge is 0.433 e. The predicted octanol–water partition coefficient (Wildman–Crippen LogP) is 2.72. The zero-order chi connectivity index (χ0) is 14.0. The Morgan fingerprint density at radius 3 is 2.44 bits per heavy atom. The molecule has 18 heavy (non-hydrogen) atoms. The van der Waals surface area contributed by atoms with Gasteiger partial charge in [0.25, 0.3) is 0 Å². The molecule has 0 saturated carbocycles. The first-order valence-corrected chi connectivity index (χ1v) is 5.53. The van der Waals surface area contributed by atoms with Crippen LogP contribution in [-0.4, -0.2) is 27.2 Å². The van der Waals surface area contributed by atoms with Gasteiger partial charge < -0.3 is 10.4 Å². The Bertz CT molecular complexity index is 423. The quantitative estimate of drug-likeness (QED) is 0.834. The summed E-state index contributed by atoms with van der Waals surface area (Å²) in [5.41, 5.74) is -1.71. The number of halogens is 4. The Morgan fingerprint density at radius 2 is 1.94 bits per heavy atom. The molecule has 0 saturated heterocycles. The van der Waals surface area contributed by atoms with E-state index in [0.29, 0.717) is 6.42 Å². The zero-order valence-corrected chi connectivity index (χ0v) is 10.6. The second kappa shape index (κ2) is 5.27. The van der Waals surface area contributed by atoms with Crippen LogP contribution in [0.5, 0.6) is 0 Å². The highest BCUT2D eigenvalue weighted by molar-refractivity contribution is 6.28. The monoisotopic (exact) mass is 283 g/mol. The zero-order valence-electron chi connectivity index (χ0n) is 9.85. The fraction of sp³-hybridized carbons (Fsp3) is 0.600. The van der Waals surface area contributed by atoms with Crippen LogP contribution in [0.4, 0.5) is 19.0 Å². The van der Waals surface area contributed by atoms with E-state index in [-0.39, 0.29) is 12.4 Å². The Kier molecular flexibility index (Phi) is 4.39. The second-order valence-corrected chi connectivity index (χ2v) is 4.73. The molecule has 1 aromatic heterocycles. The maximum absolute atomic E-state index is 12.5. The molecule has 0 aliphatic rings. The molecule has 4 nitrogen and oxygen atoms in total. The van der Waals surface area contributed by atoms with Crippen LogP contribution in [0.25, 0.3) is 0 Å². The number of aromatic nitrogens is 2. The minimum Gasteiger partial charge on any atom is -0.396 e. The highest BCUT2D eigenvalue weighted by Crippen LogP contribution is 2.30. The Morgan fingerprint density at radius 1 is 1.33 bits per heavy atom. The van der Waals surface area contributed by atoms with E-state index in [1.165, 1.54) is 0 Å².